The Kier molecular flexibility index (Phi) is 4.40. The molecule has 1 aromatic carbocycles. The van der Waals surface area contributed by atoms with Gasteiger partial charge >= 0.3 is 0 Å². The average molecular weight is 273 g/mol. The fourth-order valence-corrected chi connectivity index (χ4v) is 2.05. The third kappa shape index (κ3) is 3.38. The number of hydrogen-bond acceptors (Lipinski definition) is 3. The molecule has 20 heavy (non-hydrogen) atoms. The molecular weight excluding hydrogens is 254 g/mol. The predicted molar refractivity (Wildman–Crippen MR) is 78.1 cm³/mol. The third-order valence-corrected chi connectivity index (χ3v) is 3.04. The van der Waals surface area contributed by atoms with Gasteiger partial charge in [-0.1, -0.05) is 11.6 Å². The molecule has 0 atom stereocenters. The molecule has 2 N–H and O–H groups in total. The Labute approximate surface area is 118 Å². The Morgan fingerprint density at radius 1 is 1.35 bits per heavy atom. The van der Waals surface area contributed by atoms with Crippen LogP contribution in [-0.4, -0.2) is 18.4 Å². The maximum atomic E-state index is 12.0. The van der Waals surface area contributed by atoms with Crippen molar-refractivity contribution in [3.05, 3.63) is 41.6 Å². The van der Waals surface area contributed by atoms with E-state index in [-0.39, 0.29) is 11.8 Å². The number of anilines is 1. The number of rotatable bonds is 4. The highest BCUT2D eigenvalue weighted by Gasteiger charge is 2.22. The molecule has 0 spiro atoms. The zero-order valence-electron chi connectivity index (χ0n) is 11.8. The molecule has 2 amide bonds. The van der Waals surface area contributed by atoms with Crippen LogP contribution in [0.1, 0.15) is 37.0 Å². The number of hydrazine groups is 1. The van der Waals surface area contributed by atoms with Gasteiger partial charge in [0.05, 0.1) is 0 Å². The number of carbonyl (C=O) groups is 2. The van der Waals surface area contributed by atoms with Crippen LogP contribution in [0.3, 0.4) is 0 Å². The summed E-state index contributed by atoms with van der Waals surface area (Å²) in [5.41, 5.74) is 7.69. The Balaban J connectivity index is 2.07. The summed E-state index contributed by atoms with van der Waals surface area (Å²) in [4.78, 5) is 25.4. The minimum atomic E-state index is -0.226. The van der Waals surface area contributed by atoms with Gasteiger partial charge in [-0.25, -0.2) is 0 Å². The van der Waals surface area contributed by atoms with Crippen LogP contribution >= 0.6 is 0 Å². The maximum Gasteiger partial charge on any atom is 0.269 e. The first-order valence-electron chi connectivity index (χ1n) is 6.67. The first-order valence-corrected chi connectivity index (χ1v) is 6.67. The highest BCUT2D eigenvalue weighted by Crippen LogP contribution is 2.22. The summed E-state index contributed by atoms with van der Waals surface area (Å²) in [5, 5.41) is 0. The van der Waals surface area contributed by atoms with Crippen LogP contribution in [0.4, 0.5) is 5.69 Å². The fraction of sp³-hybridized carbons (Fsp3) is 0.333. The Bertz CT molecular complexity index is 548. The summed E-state index contributed by atoms with van der Waals surface area (Å²) in [6.07, 6.45) is 3.17. The standard InChI is InChI=1S/C15H19N3O2/c1-11(2)10-16-17-15(20)12-5-3-6-13(9-12)18-8-4-7-14(18)19/h3,5-6,9-10,16H,4,7-8H2,1-2H3,(H,17,20). The van der Waals surface area contributed by atoms with E-state index in [9.17, 15) is 9.59 Å². The van der Waals surface area contributed by atoms with Crippen LogP contribution in [0, 0.1) is 0 Å². The molecule has 2 rings (SSSR count). The second kappa shape index (κ2) is 6.23. The monoisotopic (exact) mass is 273 g/mol. The molecule has 0 radical (unpaired) electrons. The van der Waals surface area contributed by atoms with Gasteiger partial charge in [0.15, 0.2) is 0 Å². The molecule has 1 heterocycles. The number of nitrogens with one attached hydrogen (secondary N) is 2. The number of benzene rings is 1. The molecular formula is C15H19N3O2. The van der Waals surface area contributed by atoms with Crippen LogP contribution in [0.25, 0.3) is 0 Å². The van der Waals surface area contributed by atoms with Crippen molar-refractivity contribution >= 4 is 17.5 Å². The Hall–Kier alpha value is -2.30. The summed E-state index contributed by atoms with van der Waals surface area (Å²) in [6.45, 7) is 4.58. The molecule has 1 aliphatic rings. The van der Waals surface area contributed by atoms with E-state index in [0.29, 0.717) is 12.0 Å². The van der Waals surface area contributed by atoms with Crippen molar-refractivity contribution in [1.82, 2.24) is 10.9 Å². The van der Waals surface area contributed by atoms with Gasteiger partial charge in [0, 0.05) is 30.4 Å². The van der Waals surface area contributed by atoms with E-state index < -0.39 is 0 Å². The minimum Gasteiger partial charge on any atom is -0.312 e. The van der Waals surface area contributed by atoms with Crippen LogP contribution in [0.2, 0.25) is 0 Å². The summed E-state index contributed by atoms with van der Waals surface area (Å²) in [6, 6.07) is 7.10. The van der Waals surface area contributed by atoms with Gasteiger partial charge in [0.2, 0.25) is 5.91 Å². The molecule has 1 aromatic rings. The molecule has 1 saturated heterocycles. The number of amides is 2. The predicted octanol–water partition coefficient (Wildman–Crippen LogP) is 1.97. The van der Waals surface area contributed by atoms with Crippen molar-refractivity contribution < 1.29 is 9.59 Å². The van der Waals surface area contributed by atoms with Crippen molar-refractivity contribution in [3.8, 4) is 0 Å². The molecule has 5 heteroatoms. The van der Waals surface area contributed by atoms with E-state index in [1.165, 1.54) is 0 Å². The molecule has 0 saturated carbocycles. The Morgan fingerprint density at radius 2 is 2.15 bits per heavy atom. The summed E-state index contributed by atoms with van der Waals surface area (Å²) in [5.74, 6) is -0.110. The third-order valence-electron chi connectivity index (χ3n) is 3.04. The summed E-state index contributed by atoms with van der Waals surface area (Å²) < 4.78 is 0. The van der Waals surface area contributed by atoms with Gasteiger partial charge in [-0.2, -0.15) is 0 Å². The highest BCUT2D eigenvalue weighted by molar-refractivity contribution is 5.98. The number of carbonyl (C=O) groups excluding carboxylic acids is 2. The summed E-state index contributed by atoms with van der Waals surface area (Å²) >= 11 is 0. The quantitative estimate of drug-likeness (QED) is 0.825. The van der Waals surface area contributed by atoms with Crippen LogP contribution in [0.5, 0.6) is 0 Å². The molecule has 1 fully saturated rings. The Morgan fingerprint density at radius 3 is 2.80 bits per heavy atom. The average Bonchev–Trinajstić information content (AvgIpc) is 2.84. The van der Waals surface area contributed by atoms with E-state index in [1.54, 1.807) is 29.3 Å². The van der Waals surface area contributed by atoms with Crippen molar-refractivity contribution in [2.24, 2.45) is 0 Å². The van der Waals surface area contributed by atoms with Crippen LogP contribution < -0.4 is 15.8 Å². The number of hydrogen-bond donors (Lipinski definition) is 2. The molecule has 106 valence electrons. The zero-order chi connectivity index (χ0) is 14.5. The van der Waals surface area contributed by atoms with Gasteiger partial charge in [0.1, 0.15) is 0 Å². The van der Waals surface area contributed by atoms with Crippen molar-refractivity contribution in [3.63, 3.8) is 0 Å². The summed E-state index contributed by atoms with van der Waals surface area (Å²) in [7, 11) is 0. The molecule has 0 aromatic heterocycles. The lowest BCUT2D eigenvalue weighted by Crippen LogP contribution is -2.34. The van der Waals surface area contributed by atoms with E-state index in [1.807, 2.05) is 19.9 Å². The molecule has 0 aliphatic carbocycles. The normalized spacial score (nSPS) is 14.1. The second-order valence-electron chi connectivity index (χ2n) is 5.02. The molecule has 5 nitrogen and oxygen atoms in total. The van der Waals surface area contributed by atoms with Gasteiger partial charge in [0.25, 0.3) is 5.91 Å². The first kappa shape index (κ1) is 14.1. The number of nitrogens with zero attached hydrogens (tertiary/aromatic N) is 1. The zero-order valence-corrected chi connectivity index (χ0v) is 11.8. The van der Waals surface area contributed by atoms with Crippen molar-refractivity contribution in [2.45, 2.75) is 26.7 Å². The van der Waals surface area contributed by atoms with Crippen molar-refractivity contribution in [2.75, 3.05) is 11.4 Å². The van der Waals surface area contributed by atoms with E-state index in [2.05, 4.69) is 10.9 Å². The fourth-order valence-electron chi connectivity index (χ4n) is 2.05. The topological polar surface area (TPSA) is 61.4 Å². The smallest absolute Gasteiger partial charge is 0.269 e. The second-order valence-corrected chi connectivity index (χ2v) is 5.02. The molecule has 0 unspecified atom stereocenters. The van der Waals surface area contributed by atoms with Gasteiger partial charge < -0.3 is 10.3 Å². The first-order chi connectivity index (χ1) is 9.58. The van der Waals surface area contributed by atoms with Gasteiger partial charge in [-0.05, 0) is 38.5 Å². The maximum absolute atomic E-state index is 12.0. The molecule has 1 aliphatic heterocycles. The number of allylic oxidation sites excluding steroid dienone is 1. The van der Waals surface area contributed by atoms with Crippen molar-refractivity contribution in [1.29, 1.82) is 0 Å². The lowest BCUT2D eigenvalue weighted by atomic mass is 10.2. The molecule has 0 bridgehead atoms. The van der Waals surface area contributed by atoms with Gasteiger partial charge in [-0.3, -0.25) is 15.0 Å². The minimum absolute atomic E-state index is 0.116. The van der Waals surface area contributed by atoms with Gasteiger partial charge in [-0.15, -0.1) is 0 Å². The largest absolute Gasteiger partial charge is 0.312 e. The lowest BCUT2D eigenvalue weighted by molar-refractivity contribution is -0.117. The van der Waals surface area contributed by atoms with E-state index in [4.69, 9.17) is 0 Å². The SMILES string of the molecule is CC(C)=CNNC(=O)c1cccc(N2CCCC2=O)c1. The van der Waals surface area contributed by atoms with E-state index in [0.717, 1.165) is 24.2 Å². The highest BCUT2D eigenvalue weighted by atomic mass is 16.2. The van der Waals surface area contributed by atoms with Crippen LogP contribution in [-0.2, 0) is 4.79 Å². The lowest BCUT2D eigenvalue weighted by Gasteiger charge is -2.16. The van der Waals surface area contributed by atoms with E-state index >= 15 is 0 Å². The van der Waals surface area contributed by atoms with Crippen LogP contribution in [0.15, 0.2) is 36.0 Å².